The van der Waals surface area contributed by atoms with Gasteiger partial charge in [-0.2, -0.15) is 0 Å². The highest BCUT2D eigenvalue weighted by Crippen LogP contribution is 2.26. The first kappa shape index (κ1) is 15.3. The average molecular weight is 317 g/mol. The van der Waals surface area contributed by atoms with Gasteiger partial charge in [-0.15, -0.1) is 0 Å². The van der Waals surface area contributed by atoms with E-state index in [4.69, 9.17) is 9.88 Å². The first-order valence-electron chi connectivity index (χ1n) is 5.67. The molecule has 0 aliphatic heterocycles. The second-order valence-electron chi connectivity index (χ2n) is 4.14. The summed E-state index contributed by atoms with van der Waals surface area (Å²) in [4.78, 5) is -0.712. The van der Waals surface area contributed by atoms with E-state index in [1.807, 2.05) is 0 Å². The fourth-order valence-electron chi connectivity index (χ4n) is 1.60. The molecule has 0 fully saturated rings. The lowest BCUT2D eigenvalue weighted by Crippen LogP contribution is -2.13. The van der Waals surface area contributed by atoms with E-state index in [1.165, 1.54) is 18.2 Å². The molecule has 2 aromatic carbocycles. The summed E-state index contributed by atoms with van der Waals surface area (Å²) < 4.78 is 67.6. The molecule has 0 aliphatic carbocycles. The lowest BCUT2D eigenvalue weighted by molar-refractivity contribution is 0.268. The van der Waals surface area contributed by atoms with E-state index in [9.17, 15) is 21.6 Å². The predicted molar refractivity (Wildman–Crippen MR) is 68.5 cm³/mol. The molecule has 2 N–H and O–H groups in total. The second kappa shape index (κ2) is 5.74. The van der Waals surface area contributed by atoms with E-state index in [0.717, 1.165) is 0 Å². The molecule has 21 heavy (non-hydrogen) atoms. The normalized spacial score (nSPS) is 11.4. The van der Waals surface area contributed by atoms with E-state index < -0.39 is 44.7 Å². The maximum Gasteiger partial charge on any atom is 0.238 e. The van der Waals surface area contributed by atoms with Gasteiger partial charge in [0.2, 0.25) is 10.0 Å². The number of nitrogens with two attached hydrogens (primary N) is 1. The molecule has 0 spiro atoms. The molecule has 0 amide bonds. The zero-order chi connectivity index (χ0) is 15.6. The van der Waals surface area contributed by atoms with Gasteiger partial charge in [-0.3, -0.25) is 0 Å². The predicted octanol–water partition coefficient (Wildman–Crippen LogP) is 2.33. The van der Waals surface area contributed by atoms with Crippen LogP contribution in [0.1, 0.15) is 5.56 Å². The fraction of sp³-hybridized carbons (Fsp3) is 0.0769. The number of rotatable bonds is 4. The Morgan fingerprint density at radius 3 is 2.10 bits per heavy atom. The van der Waals surface area contributed by atoms with Gasteiger partial charge in [-0.05, 0) is 18.2 Å². The number of ether oxygens (including phenoxy) is 1. The van der Waals surface area contributed by atoms with Crippen LogP contribution in [-0.4, -0.2) is 8.42 Å². The number of primary sulfonamides is 1. The number of sulfonamides is 1. The summed E-state index contributed by atoms with van der Waals surface area (Å²) in [6.45, 7) is -0.408. The molecule has 8 heteroatoms. The van der Waals surface area contributed by atoms with Crippen molar-refractivity contribution in [3.63, 3.8) is 0 Å². The third kappa shape index (κ3) is 3.53. The van der Waals surface area contributed by atoms with Crippen LogP contribution in [0.3, 0.4) is 0 Å². The van der Waals surface area contributed by atoms with Crippen molar-refractivity contribution in [2.24, 2.45) is 5.14 Å². The van der Waals surface area contributed by atoms with Gasteiger partial charge in [0.25, 0.3) is 0 Å². The number of halogens is 3. The zero-order valence-corrected chi connectivity index (χ0v) is 11.3. The summed E-state index contributed by atoms with van der Waals surface area (Å²) >= 11 is 0. The van der Waals surface area contributed by atoms with E-state index in [1.54, 1.807) is 6.07 Å². The van der Waals surface area contributed by atoms with Crippen LogP contribution in [0, 0.1) is 17.5 Å². The highest BCUT2D eigenvalue weighted by Gasteiger charge is 2.18. The topological polar surface area (TPSA) is 69.4 Å². The average Bonchev–Trinajstić information content (AvgIpc) is 2.38. The van der Waals surface area contributed by atoms with Gasteiger partial charge in [-0.25, -0.2) is 26.7 Å². The lowest BCUT2D eigenvalue weighted by Gasteiger charge is -2.10. The monoisotopic (exact) mass is 317 g/mol. The van der Waals surface area contributed by atoms with Gasteiger partial charge in [0, 0.05) is 5.56 Å². The molecule has 0 heterocycles. The summed E-state index contributed by atoms with van der Waals surface area (Å²) in [6, 6.07) is 6.64. The fourth-order valence-corrected chi connectivity index (χ4v) is 2.14. The molecule has 0 saturated carbocycles. The van der Waals surface area contributed by atoms with E-state index in [2.05, 4.69) is 0 Å². The van der Waals surface area contributed by atoms with Crippen LogP contribution in [0.25, 0.3) is 0 Å². The standard InChI is InChI=1S/C13H10F3NO3S/c14-10-4-2-1-3-8(10)7-20-13-11(15)5-9(6-12(13)16)21(17,18)19/h1-6H,7H2,(H2,17,18,19). The van der Waals surface area contributed by atoms with Gasteiger partial charge in [0.05, 0.1) is 4.90 Å². The summed E-state index contributed by atoms with van der Waals surface area (Å²) in [5.74, 6) is -3.86. The minimum absolute atomic E-state index is 0.104. The van der Waals surface area contributed by atoms with Crippen molar-refractivity contribution >= 4 is 10.0 Å². The first-order chi connectivity index (χ1) is 9.79. The van der Waals surface area contributed by atoms with E-state index in [-0.39, 0.29) is 5.56 Å². The van der Waals surface area contributed by atoms with Gasteiger partial charge in [0.15, 0.2) is 17.4 Å². The molecule has 0 aromatic heterocycles. The van der Waals surface area contributed by atoms with Crippen molar-refractivity contribution < 1.29 is 26.3 Å². The highest BCUT2D eigenvalue weighted by molar-refractivity contribution is 7.89. The largest absolute Gasteiger partial charge is 0.483 e. The summed E-state index contributed by atoms with van der Waals surface area (Å²) in [5, 5.41) is 4.78. The first-order valence-corrected chi connectivity index (χ1v) is 7.21. The zero-order valence-electron chi connectivity index (χ0n) is 10.5. The number of benzene rings is 2. The molecule has 0 saturated heterocycles. The van der Waals surface area contributed by atoms with Gasteiger partial charge in [-0.1, -0.05) is 18.2 Å². The molecule has 2 rings (SSSR count). The molecule has 2 aromatic rings. The molecule has 0 radical (unpaired) electrons. The van der Waals surface area contributed by atoms with Crippen LogP contribution in [0.15, 0.2) is 41.3 Å². The molecule has 0 atom stereocenters. The van der Waals surface area contributed by atoms with Gasteiger partial charge < -0.3 is 4.74 Å². The molecular formula is C13H10F3NO3S. The minimum Gasteiger partial charge on any atom is -0.483 e. The Morgan fingerprint density at radius 1 is 1.00 bits per heavy atom. The third-order valence-electron chi connectivity index (χ3n) is 2.63. The second-order valence-corrected chi connectivity index (χ2v) is 5.70. The van der Waals surface area contributed by atoms with Crippen LogP contribution in [0.4, 0.5) is 13.2 Å². The summed E-state index contributed by atoms with van der Waals surface area (Å²) in [6.07, 6.45) is 0. The van der Waals surface area contributed by atoms with Crippen molar-refractivity contribution in [2.45, 2.75) is 11.5 Å². The van der Waals surface area contributed by atoms with Crippen molar-refractivity contribution in [2.75, 3.05) is 0 Å². The maximum absolute atomic E-state index is 13.7. The summed E-state index contributed by atoms with van der Waals surface area (Å²) in [5.41, 5.74) is 0.104. The summed E-state index contributed by atoms with van der Waals surface area (Å²) in [7, 11) is -4.23. The molecule has 4 nitrogen and oxygen atoms in total. The Hall–Kier alpha value is -2.06. The maximum atomic E-state index is 13.7. The Morgan fingerprint density at radius 2 is 1.57 bits per heavy atom. The Labute approximate surface area is 119 Å². The van der Waals surface area contributed by atoms with E-state index in [0.29, 0.717) is 12.1 Å². The van der Waals surface area contributed by atoms with Crippen molar-refractivity contribution in [3.05, 3.63) is 59.4 Å². The van der Waals surface area contributed by atoms with Gasteiger partial charge >= 0.3 is 0 Å². The van der Waals surface area contributed by atoms with Crippen LogP contribution >= 0.6 is 0 Å². The highest BCUT2D eigenvalue weighted by atomic mass is 32.2. The Kier molecular flexibility index (Phi) is 4.19. The quantitative estimate of drug-likeness (QED) is 0.941. The Balaban J connectivity index is 2.28. The van der Waals surface area contributed by atoms with Gasteiger partial charge in [0.1, 0.15) is 12.4 Å². The molecule has 0 unspecified atom stereocenters. The van der Waals surface area contributed by atoms with Crippen LogP contribution in [0.5, 0.6) is 5.75 Å². The van der Waals surface area contributed by atoms with Crippen LogP contribution in [0.2, 0.25) is 0 Å². The van der Waals surface area contributed by atoms with E-state index >= 15 is 0 Å². The smallest absolute Gasteiger partial charge is 0.238 e. The molecular weight excluding hydrogens is 307 g/mol. The molecule has 0 aliphatic rings. The lowest BCUT2D eigenvalue weighted by atomic mass is 10.2. The third-order valence-corrected chi connectivity index (χ3v) is 3.52. The van der Waals surface area contributed by atoms with Crippen molar-refractivity contribution in [1.29, 1.82) is 0 Å². The molecule has 0 bridgehead atoms. The van der Waals surface area contributed by atoms with Crippen LogP contribution < -0.4 is 9.88 Å². The van der Waals surface area contributed by atoms with Crippen molar-refractivity contribution in [1.82, 2.24) is 0 Å². The minimum atomic E-state index is -4.23. The number of hydrogen-bond acceptors (Lipinski definition) is 3. The number of hydrogen-bond donors (Lipinski definition) is 1. The van der Waals surface area contributed by atoms with Crippen molar-refractivity contribution in [3.8, 4) is 5.75 Å². The SMILES string of the molecule is NS(=O)(=O)c1cc(F)c(OCc2ccccc2F)c(F)c1. The molecule has 112 valence electrons. The van der Waals surface area contributed by atoms with Crippen LogP contribution in [-0.2, 0) is 16.6 Å². The Bertz CT molecular complexity index is 755.